The fourth-order valence-corrected chi connectivity index (χ4v) is 2.01. The van der Waals surface area contributed by atoms with E-state index in [9.17, 15) is 8.42 Å². The van der Waals surface area contributed by atoms with E-state index in [1.807, 2.05) is 6.07 Å². The summed E-state index contributed by atoms with van der Waals surface area (Å²) in [4.78, 5) is 7.68. The van der Waals surface area contributed by atoms with Gasteiger partial charge in [-0.2, -0.15) is 0 Å². The van der Waals surface area contributed by atoms with Gasteiger partial charge in [-0.15, -0.1) is 6.42 Å². The quantitative estimate of drug-likeness (QED) is 0.679. The number of nitrogens with zero attached hydrogens (tertiary/aromatic N) is 2. The van der Waals surface area contributed by atoms with Crippen molar-refractivity contribution in [2.45, 2.75) is 5.03 Å². The molecule has 5 nitrogen and oxygen atoms in total. The third-order valence-corrected chi connectivity index (χ3v) is 3.31. The second kappa shape index (κ2) is 5.08. The minimum absolute atomic E-state index is 0.0295. The van der Waals surface area contributed by atoms with Crippen LogP contribution in [0.4, 0.5) is 11.5 Å². The Labute approximate surface area is 111 Å². The van der Waals surface area contributed by atoms with Crippen LogP contribution in [0.3, 0.4) is 0 Å². The zero-order valence-corrected chi connectivity index (χ0v) is 11.0. The highest BCUT2D eigenvalue weighted by Gasteiger charge is 2.10. The molecule has 0 saturated carbocycles. The average Bonchev–Trinajstić information content (AvgIpc) is 2.38. The lowest BCUT2D eigenvalue weighted by Crippen LogP contribution is -2.03. The summed E-state index contributed by atoms with van der Waals surface area (Å²) in [5, 5.41) is 2.95. The van der Waals surface area contributed by atoms with Gasteiger partial charge in [-0.1, -0.05) is 12.0 Å². The van der Waals surface area contributed by atoms with E-state index >= 15 is 0 Å². The number of hydrogen-bond acceptors (Lipinski definition) is 5. The first-order valence-corrected chi connectivity index (χ1v) is 7.24. The summed E-state index contributed by atoms with van der Waals surface area (Å²) in [7, 11) is -3.35. The van der Waals surface area contributed by atoms with E-state index in [0.29, 0.717) is 5.82 Å². The molecule has 1 aromatic heterocycles. The van der Waals surface area contributed by atoms with Crippen molar-refractivity contribution in [3.05, 3.63) is 42.2 Å². The van der Waals surface area contributed by atoms with Crippen molar-refractivity contribution >= 4 is 21.3 Å². The molecule has 1 N–H and O–H groups in total. The molecule has 0 unspecified atom stereocenters. The summed E-state index contributed by atoms with van der Waals surface area (Å²) in [6.45, 7) is 0. The summed E-state index contributed by atoms with van der Waals surface area (Å²) in [6, 6.07) is 8.55. The van der Waals surface area contributed by atoms with Crippen molar-refractivity contribution in [2.24, 2.45) is 0 Å². The van der Waals surface area contributed by atoms with E-state index in [2.05, 4.69) is 21.2 Å². The molecule has 1 aromatic carbocycles. The summed E-state index contributed by atoms with van der Waals surface area (Å²) >= 11 is 0. The summed E-state index contributed by atoms with van der Waals surface area (Å²) < 4.78 is 22.8. The topological polar surface area (TPSA) is 72.0 Å². The number of sulfone groups is 1. The highest BCUT2D eigenvalue weighted by atomic mass is 32.2. The van der Waals surface area contributed by atoms with Gasteiger partial charge in [0, 0.05) is 23.6 Å². The van der Waals surface area contributed by atoms with Crippen molar-refractivity contribution in [2.75, 3.05) is 11.6 Å². The van der Waals surface area contributed by atoms with Gasteiger partial charge in [0.25, 0.3) is 0 Å². The van der Waals surface area contributed by atoms with Gasteiger partial charge >= 0.3 is 0 Å². The average molecular weight is 273 g/mol. The van der Waals surface area contributed by atoms with Gasteiger partial charge < -0.3 is 5.32 Å². The first-order chi connectivity index (χ1) is 8.99. The van der Waals surface area contributed by atoms with Crippen LogP contribution in [0.15, 0.2) is 41.7 Å². The third-order valence-electron chi connectivity index (χ3n) is 2.32. The summed E-state index contributed by atoms with van der Waals surface area (Å²) in [6.07, 6.45) is 7.60. The normalized spacial score (nSPS) is 10.7. The molecule has 0 atom stereocenters. The third kappa shape index (κ3) is 3.30. The first kappa shape index (κ1) is 13.1. The molecule has 19 heavy (non-hydrogen) atoms. The molecule has 2 aromatic rings. The van der Waals surface area contributed by atoms with Crippen LogP contribution in [0.2, 0.25) is 0 Å². The van der Waals surface area contributed by atoms with E-state index in [4.69, 9.17) is 6.42 Å². The molecular weight excluding hydrogens is 262 g/mol. The smallest absolute Gasteiger partial charge is 0.192 e. The number of hydrogen-bond donors (Lipinski definition) is 1. The lowest BCUT2D eigenvalue weighted by molar-refractivity contribution is 0.598. The molecular formula is C13H11N3O2S. The highest BCUT2D eigenvalue weighted by Crippen LogP contribution is 2.17. The van der Waals surface area contributed by atoms with Crippen molar-refractivity contribution in [1.82, 2.24) is 9.97 Å². The summed E-state index contributed by atoms with van der Waals surface area (Å²) in [5.41, 5.74) is 1.45. The molecule has 0 amide bonds. The SMILES string of the molecule is C#Cc1cccc(Nc2cc(S(C)(=O)=O)ncn2)c1. The first-order valence-electron chi connectivity index (χ1n) is 5.35. The standard InChI is InChI=1S/C13H11N3O2S/c1-3-10-5-4-6-11(7-10)16-12-8-13(15-9-14-12)19(2,17)18/h1,4-9H,2H3,(H,14,15,16). The van der Waals surface area contributed by atoms with Crippen LogP contribution in [-0.4, -0.2) is 24.6 Å². The van der Waals surface area contributed by atoms with Gasteiger partial charge in [0.1, 0.15) is 12.1 Å². The number of rotatable bonds is 3. The molecule has 0 radical (unpaired) electrons. The predicted octanol–water partition coefficient (Wildman–Crippen LogP) is 1.60. The number of nitrogens with one attached hydrogen (secondary N) is 1. The maximum atomic E-state index is 11.4. The monoisotopic (exact) mass is 273 g/mol. The molecule has 0 spiro atoms. The minimum Gasteiger partial charge on any atom is -0.340 e. The molecule has 1 heterocycles. The number of terminal acetylenes is 1. The van der Waals surface area contributed by atoms with Gasteiger partial charge in [-0.25, -0.2) is 18.4 Å². The Morgan fingerprint density at radius 2 is 2.05 bits per heavy atom. The van der Waals surface area contributed by atoms with E-state index in [1.54, 1.807) is 18.2 Å². The van der Waals surface area contributed by atoms with E-state index in [-0.39, 0.29) is 5.03 Å². The van der Waals surface area contributed by atoms with Gasteiger partial charge in [-0.05, 0) is 18.2 Å². The summed E-state index contributed by atoms with van der Waals surface area (Å²) in [5.74, 6) is 2.91. The van der Waals surface area contributed by atoms with Crippen LogP contribution >= 0.6 is 0 Å². The molecule has 0 bridgehead atoms. The maximum absolute atomic E-state index is 11.4. The van der Waals surface area contributed by atoms with E-state index in [0.717, 1.165) is 17.5 Å². The maximum Gasteiger partial charge on any atom is 0.192 e. The highest BCUT2D eigenvalue weighted by molar-refractivity contribution is 7.90. The van der Waals surface area contributed by atoms with Crippen LogP contribution < -0.4 is 5.32 Å². The fourth-order valence-electron chi connectivity index (χ4n) is 1.45. The van der Waals surface area contributed by atoms with Crippen molar-refractivity contribution < 1.29 is 8.42 Å². The number of aromatic nitrogens is 2. The van der Waals surface area contributed by atoms with Gasteiger partial charge in [-0.3, -0.25) is 0 Å². The number of anilines is 2. The Balaban J connectivity index is 2.31. The largest absolute Gasteiger partial charge is 0.340 e. The molecule has 0 fully saturated rings. The lowest BCUT2D eigenvalue weighted by Gasteiger charge is -2.06. The van der Waals surface area contributed by atoms with Crippen molar-refractivity contribution in [1.29, 1.82) is 0 Å². The van der Waals surface area contributed by atoms with Gasteiger partial charge in [0.15, 0.2) is 14.9 Å². The van der Waals surface area contributed by atoms with Crippen molar-refractivity contribution in [3.8, 4) is 12.3 Å². The van der Waals surface area contributed by atoms with Crippen molar-refractivity contribution in [3.63, 3.8) is 0 Å². The Morgan fingerprint density at radius 1 is 1.26 bits per heavy atom. The van der Waals surface area contributed by atoms with Gasteiger partial charge in [0.2, 0.25) is 0 Å². The van der Waals surface area contributed by atoms with Crippen LogP contribution in [0.5, 0.6) is 0 Å². The minimum atomic E-state index is -3.35. The Bertz CT molecular complexity index is 748. The molecule has 0 aliphatic rings. The molecule has 2 rings (SSSR count). The fraction of sp³-hybridized carbons (Fsp3) is 0.0769. The molecule has 96 valence electrons. The predicted molar refractivity (Wildman–Crippen MR) is 72.8 cm³/mol. The van der Waals surface area contributed by atoms with Crippen LogP contribution in [-0.2, 0) is 9.84 Å². The molecule has 0 aliphatic carbocycles. The zero-order valence-electron chi connectivity index (χ0n) is 10.2. The lowest BCUT2D eigenvalue weighted by atomic mass is 10.2. The molecule has 0 saturated heterocycles. The number of benzene rings is 1. The Morgan fingerprint density at radius 3 is 2.74 bits per heavy atom. The van der Waals surface area contributed by atoms with Crippen LogP contribution in [0, 0.1) is 12.3 Å². The van der Waals surface area contributed by atoms with Gasteiger partial charge in [0.05, 0.1) is 0 Å². The molecule has 0 aliphatic heterocycles. The van der Waals surface area contributed by atoms with E-state index < -0.39 is 9.84 Å². The Hall–Kier alpha value is -2.39. The van der Waals surface area contributed by atoms with E-state index in [1.165, 1.54) is 12.4 Å². The Kier molecular flexibility index (Phi) is 3.49. The second-order valence-corrected chi connectivity index (χ2v) is 5.83. The second-order valence-electron chi connectivity index (χ2n) is 3.86. The van der Waals surface area contributed by atoms with Crippen LogP contribution in [0.25, 0.3) is 0 Å². The zero-order chi connectivity index (χ0) is 13.9. The molecule has 6 heteroatoms. The van der Waals surface area contributed by atoms with Crippen LogP contribution in [0.1, 0.15) is 5.56 Å².